The van der Waals surface area contributed by atoms with Crippen molar-refractivity contribution in [2.24, 2.45) is 0 Å². The molecule has 1 aromatic rings. The highest BCUT2D eigenvalue weighted by Gasteiger charge is 2.21. The number of halogens is 1. The van der Waals surface area contributed by atoms with E-state index in [0.29, 0.717) is 16.6 Å². The van der Waals surface area contributed by atoms with Crippen molar-refractivity contribution < 1.29 is 4.79 Å². The van der Waals surface area contributed by atoms with E-state index in [1.807, 2.05) is 19.1 Å². The number of amides is 1. The number of rotatable bonds is 2. The summed E-state index contributed by atoms with van der Waals surface area (Å²) in [4.78, 5) is 16.8. The summed E-state index contributed by atoms with van der Waals surface area (Å²) >= 11 is 3.61. The SMILES string of the molecule is Cc1cccnc1C(=O)NC1CCC(Br)CC1. The van der Waals surface area contributed by atoms with Gasteiger partial charge < -0.3 is 5.32 Å². The Labute approximate surface area is 110 Å². The Bertz CT molecular complexity index is 400. The molecule has 0 aliphatic heterocycles. The van der Waals surface area contributed by atoms with Gasteiger partial charge in [0.15, 0.2) is 0 Å². The molecule has 0 saturated heterocycles. The van der Waals surface area contributed by atoms with E-state index in [4.69, 9.17) is 0 Å². The molecule has 0 bridgehead atoms. The fourth-order valence-electron chi connectivity index (χ4n) is 2.17. The average Bonchev–Trinajstić information content (AvgIpc) is 2.32. The van der Waals surface area contributed by atoms with Crippen LogP contribution in [0.25, 0.3) is 0 Å². The lowest BCUT2D eigenvalue weighted by molar-refractivity contribution is 0.0922. The third-order valence-electron chi connectivity index (χ3n) is 3.22. The van der Waals surface area contributed by atoms with Gasteiger partial charge >= 0.3 is 0 Å². The van der Waals surface area contributed by atoms with Crippen molar-refractivity contribution in [3.05, 3.63) is 29.6 Å². The predicted octanol–water partition coefficient (Wildman–Crippen LogP) is 2.83. The van der Waals surface area contributed by atoms with Crippen LogP contribution in [-0.4, -0.2) is 21.8 Å². The predicted molar refractivity (Wildman–Crippen MR) is 71.4 cm³/mol. The number of aryl methyl sites for hydroxylation is 1. The standard InChI is InChI=1S/C13H17BrN2O/c1-9-3-2-8-15-12(9)13(17)16-11-6-4-10(14)5-7-11/h2-3,8,10-11H,4-7H2,1H3,(H,16,17). The summed E-state index contributed by atoms with van der Waals surface area (Å²) in [7, 11) is 0. The van der Waals surface area contributed by atoms with E-state index in [-0.39, 0.29) is 5.91 Å². The largest absolute Gasteiger partial charge is 0.348 e. The van der Waals surface area contributed by atoms with Crippen LogP contribution in [-0.2, 0) is 0 Å². The molecule has 1 aliphatic rings. The molecular formula is C13H17BrN2O. The van der Waals surface area contributed by atoms with Crippen LogP contribution >= 0.6 is 15.9 Å². The van der Waals surface area contributed by atoms with Gasteiger partial charge in [0, 0.05) is 17.1 Å². The topological polar surface area (TPSA) is 42.0 Å². The summed E-state index contributed by atoms with van der Waals surface area (Å²) in [6.45, 7) is 1.91. The number of carbonyl (C=O) groups is 1. The van der Waals surface area contributed by atoms with Crippen LogP contribution in [0.3, 0.4) is 0 Å². The van der Waals surface area contributed by atoms with Gasteiger partial charge in [0.25, 0.3) is 5.91 Å². The molecule has 0 radical (unpaired) electrons. The van der Waals surface area contributed by atoms with Gasteiger partial charge in [-0.3, -0.25) is 9.78 Å². The molecule has 0 atom stereocenters. The van der Waals surface area contributed by atoms with Gasteiger partial charge in [0.1, 0.15) is 5.69 Å². The Hall–Kier alpha value is -0.900. The summed E-state index contributed by atoms with van der Waals surface area (Å²) in [5, 5.41) is 3.07. The lowest BCUT2D eigenvalue weighted by Gasteiger charge is -2.26. The third-order valence-corrected chi connectivity index (χ3v) is 4.13. The molecule has 2 rings (SSSR count). The van der Waals surface area contributed by atoms with Gasteiger partial charge in [-0.05, 0) is 44.2 Å². The van der Waals surface area contributed by atoms with Crippen molar-refractivity contribution in [3.63, 3.8) is 0 Å². The molecule has 0 aromatic carbocycles. The van der Waals surface area contributed by atoms with Crippen LogP contribution in [0.4, 0.5) is 0 Å². The molecule has 1 saturated carbocycles. The van der Waals surface area contributed by atoms with Crippen molar-refractivity contribution >= 4 is 21.8 Å². The van der Waals surface area contributed by atoms with Gasteiger partial charge in [-0.2, -0.15) is 0 Å². The first-order valence-corrected chi connectivity index (χ1v) is 6.95. The van der Waals surface area contributed by atoms with E-state index >= 15 is 0 Å². The van der Waals surface area contributed by atoms with E-state index in [0.717, 1.165) is 31.2 Å². The second kappa shape index (κ2) is 5.63. The summed E-state index contributed by atoms with van der Waals surface area (Å²) in [5.41, 5.74) is 1.48. The zero-order valence-corrected chi connectivity index (χ0v) is 11.5. The second-order valence-electron chi connectivity index (χ2n) is 4.59. The van der Waals surface area contributed by atoms with E-state index in [1.165, 1.54) is 0 Å². The number of nitrogens with zero attached hydrogens (tertiary/aromatic N) is 1. The van der Waals surface area contributed by atoms with Gasteiger partial charge in [-0.25, -0.2) is 0 Å². The summed E-state index contributed by atoms with van der Waals surface area (Å²) in [6.07, 6.45) is 6.02. The second-order valence-corrected chi connectivity index (χ2v) is 5.89. The Morgan fingerprint density at radius 2 is 2.12 bits per heavy atom. The van der Waals surface area contributed by atoms with E-state index < -0.39 is 0 Å². The maximum atomic E-state index is 12.0. The molecule has 4 heteroatoms. The van der Waals surface area contributed by atoms with Crippen LogP contribution in [0.1, 0.15) is 41.7 Å². The summed E-state index contributed by atoms with van der Waals surface area (Å²) in [5.74, 6) is -0.0406. The number of carbonyl (C=O) groups excluding carboxylic acids is 1. The molecule has 92 valence electrons. The molecule has 0 spiro atoms. The normalized spacial score (nSPS) is 24.4. The van der Waals surface area contributed by atoms with E-state index in [1.54, 1.807) is 6.20 Å². The highest BCUT2D eigenvalue weighted by molar-refractivity contribution is 9.09. The maximum Gasteiger partial charge on any atom is 0.270 e. The Morgan fingerprint density at radius 3 is 2.76 bits per heavy atom. The zero-order chi connectivity index (χ0) is 12.3. The van der Waals surface area contributed by atoms with Gasteiger partial charge in [0.2, 0.25) is 0 Å². The fourth-order valence-corrected chi connectivity index (χ4v) is 2.70. The molecule has 0 unspecified atom stereocenters. The minimum atomic E-state index is -0.0406. The van der Waals surface area contributed by atoms with Crippen LogP contribution in [0.5, 0.6) is 0 Å². The van der Waals surface area contributed by atoms with Gasteiger partial charge in [0.05, 0.1) is 0 Å². The Morgan fingerprint density at radius 1 is 1.41 bits per heavy atom. The molecule has 1 amide bonds. The molecule has 17 heavy (non-hydrogen) atoms. The van der Waals surface area contributed by atoms with Crippen molar-refractivity contribution in [1.29, 1.82) is 0 Å². The van der Waals surface area contributed by atoms with Crippen molar-refractivity contribution in [3.8, 4) is 0 Å². The monoisotopic (exact) mass is 296 g/mol. The third kappa shape index (κ3) is 3.28. The fraction of sp³-hybridized carbons (Fsp3) is 0.538. The number of hydrogen-bond acceptors (Lipinski definition) is 2. The van der Waals surface area contributed by atoms with Gasteiger partial charge in [-0.1, -0.05) is 22.0 Å². The Balaban J connectivity index is 1.96. The number of pyridine rings is 1. The van der Waals surface area contributed by atoms with E-state index in [9.17, 15) is 4.79 Å². The maximum absolute atomic E-state index is 12.0. The highest BCUT2D eigenvalue weighted by Crippen LogP contribution is 2.24. The molecule has 1 N–H and O–H groups in total. The summed E-state index contributed by atoms with van der Waals surface area (Å²) < 4.78 is 0. The lowest BCUT2D eigenvalue weighted by Crippen LogP contribution is -2.38. The smallest absolute Gasteiger partial charge is 0.270 e. The van der Waals surface area contributed by atoms with Gasteiger partial charge in [-0.15, -0.1) is 0 Å². The van der Waals surface area contributed by atoms with Crippen molar-refractivity contribution in [1.82, 2.24) is 10.3 Å². The summed E-state index contributed by atoms with van der Waals surface area (Å²) in [6, 6.07) is 4.07. The van der Waals surface area contributed by atoms with E-state index in [2.05, 4.69) is 26.2 Å². The number of hydrogen-bond donors (Lipinski definition) is 1. The molecule has 1 aliphatic carbocycles. The van der Waals surface area contributed by atoms with Crippen molar-refractivity contribution in [2.75, 3.05) is 0 Å². The van der Waals surface area contributed by atoms with Crippen LogP contribution < -0.4 is 5.32 Å². The van der Waals surface area contributed by atoms with Crippen LogP contribution in [0, 0.1) is 6.92 Å². The first-order valence-electron chi connectivity index (χ1n) is 6.03. The number of nitrogens with one attached hydrogen (secondary N) is 1. The first-order chi connectivity index (χ1) is 8.16. The minimum absolute atomic E-state index is 0.0406. The molecule has 3 nitrogen and oxygen atoms in total. The van der Waals surface area contributed by atoms with Crippen LogP contribution in [0.15, 0.2) is 18.3 Å². The molecule has 1 heterocycles. The highest BCUT2D eigenvalue weighted by atomic mass is 79.9. The lowest BCUT2D eigenvalue weighted by atomic mass is 9.95. The van der Waals surface area contributed by atoms with Crippen molar-refractivity contribution in [2.45, 2.75) is 43.5 Å². The number of aromatic nitrogens is 1. The zero-order valence-electron chi connectivity index (χ0n) is 9.95. The molecular weight excluding hydrogens is 280 g/mol. The molecule has 1 fully saturated rings. The average molecular weight is 297 g/mol. The molecule has 1 aromatic heterocycles. The van der Waals surface area contributed by atoms with Crippen LogP contribution in [0.2, 0.25) is 0 Å². The minimum Gasteiger partial charge on any atom is -0.348 e. The quantitative estimate of drug-likeness (QED) is 0.853. The first kappa shape index (κ1) is 12.6. The Kier molecular flexibility index (Phi) is 4.15. The number of alkyl halides is 1.